The van der Waals surface area contributed by atoms with Crippen molar-refractivity contribution in [3.63, 3.8) is 0 Å². The zero-order valence-corrected chi connectivity index (χ0v) is 10.7. The van der Waals surface area contributed by atoms with Crippen LogP contribution in [0.2, 0.25) is 0 Å². The van der Waals surface area contributed by atoms with E-state index in [9.17, 15) is 4.39 Å². The van der Waals surface area contributed by atoms with Gasteiger partial charge in [-0.3, -0.25) is 0 Å². The van der Waals surface area contributed by atoms with Crippen molar-refractivity contribution < 1.29 is 13.9 Å². The third kappa shape index (κ3) is 2.55. The Balaban J connectivity index is 1.71. The van der Waals surface area contributed by atoms with Gasteiger partial charge >= 0.3 is 0 Å². The molecule has 0 bridgehead atoms. The smallest absolute Gasteiger partial charge is 0.123 e. The summed E-state index contributed by atoms with van der Waals surface area (Å²) in [4.78, 5) is 0. The Morgan fingerprint density at radius 3 is 2.37 bits per heavy atom. The Morgan fingerprint density at radius 1 is 0.947 bits per heavy atom. The second-order valence-electron chi connectivity index (χ2n) is 4.74. The fourth-order valence-electron chi connectivity index (χ4n) is 2.47. The van der Waals surface area contributed by atoms with Gasteiger partial charge in [0.1, 0.15) is 23.4 Å². The number of methoxy groups -OCH3 is 1. The van der Waals surface area contributed by atoms with Crippen LogP contribution in [0.3, 0.4) is 0 Å². The molecular weight excluding hydrogens is 243 g/mol. The fraction of sp³-hybridized carbons (Fsp3) is 0.250. The van der Waals surface area contributed by atoms with Crippen LogP contribution in [0.5, 0.6) is 11.5 Å². The predicted molar refractivity (Wildman–Crippen MR) is 71.2 cm³/mol. The number of halogens is 1. The average molecular weight is 258 g/mol. The van der Waals surface area contributed by atoms with E-state index in [2.05, 4.69) is 12.1 Å². The molecule has 2 aromatic rings. The summed E-state index contributed by atoms with van der Waals surface area (Å²) in [5, 5.41) is 0. The van der Waals surface area contributed by atoms with E-state index in [1.807, 2.05) is 6.07 Å². The highest BCUT2D eigenvalue weighted by atomic mass is 19.1. The van der Waals surface area contributed by atoms with Gasteiger partial charge in [0.05, 0.1) is 7.11 Å². The summed E-state index contributed by atoms with van der Waals surface area (Å²) in [5.74, 6) is 1.35. The first-order valence-corrected chi connectivity index (χ1v) is 6.32. The van der Waals surface area contributed by atoms with Crippen LogP contribution < -0.4 is 9.47 Å². The van der Waals surface area contributed by atoms with Gasteiger partial charge < -0.3 is 9.47 Å². The first kappa shape index (κ1) is 12.0. The second-order valence-corrected chi connectivity index (χ2v) is 4.74. The lowest BCUT2D eigenvalue weighted by molar-refractivity contribution is 0.213. The minimum atomic E-state index is -0.244. The summed E-state index contributed by atoms with van der Waals surface area (Å²) >= 11 is 0. The normalized spacial score (nSPS) is 17.1. The van der Waals surface area contributed by atoms with Crippen LogP contribution in [-0.4, -0.2) is 13.2 Å². The quantitative estimate of drug-likeness (QED) is 0.840. The molecule has 2 nitrogen and oxygen atoms in total. The van der Waals surface area contributed by atoms with E-state index < -0.39 is 0 Å². The van der Waals surface area contributed by atoms with Crippen LogP contribution in [0.25, 0.3) is 0 Å². The van der Waals surface area contributed by atoms with Gasteiger partial charge in [0.2, 0.25) is 0 Å². The highest BCUT2D eigenvalue weighted by Gasteiger charge is 2.23. The Kier molecular flexibility index (Phi) is 3.11. The molecule has 0 aliphatic heterocycles. The summed E-state index contributed by atoms with van der Waals surface area (Å²) in [6.07, 6.45) is 1.87. The molecule has 0 spiro atoms. The van der Waals surface area contributed by atoms with Gasteiger partial charge in [-0.05, 0) is 47.5 Å². The molecule has 0 fully saturated rings. The number of rotatable bonds is 3. The lowest BCUT2D eigenvalue weighted by Crippen LogP contribution is -2.16. The molecule has 0 saturated heterocycles. The largest absolute Gasteiger partial charge is 0.497 e. The molecule has 1 atom stereocenters. The number of benzene rings is 2. The van der Waals surface area contributed by atoms with Crippen molar-refractivity contribution in [1.82, 2.24) is 0 Å². The molecule has 0 aromatic heterocycles. The fourth-order valence-corrected chi connectivity index (χ4v) is 2.47. The van der Waals surface area contributed by atoms with Crippen molar-refractivity contribution in [2.24, 2.45) is 0 Å². The zero-order valence-electron chi connectivity index (χ0n) is 10.7. The van der Waals surface area contributed by atoms with Crippen molar-refractivity contribution in [2.75, 3.05) is 7.11 Å². The van der Waals surface area contributed by atoms with Crippen molar-refractivity contribution in [1.29, 1.82) is 0 Å². The molecule has 1 aliphatic carbocycles. The minimum absolute atomic E-state index is 0.118. The van der Waals surface area contributed by atoms with Crippen molar-refractivity contribution in [2.45, 2.75) is 18.9 Å². The summed E-state index contributed by atoms with van der Waals surface area (Å²) < 4.78 is 23.9. The van der Waals surface area contributed by atoms with E-state index in [0.717, 1.165) is 18.6 Å². The van der Waals surface area contributed by atoms with Gasteiger partial charge in [0.15, 0.2) is 0 Å². The molecule has 1 unspecified atom stereocenters. The number of hydrogen-bond acceptors (Lipinski definition) is 2. The SMILES string of the molecule is COc1ccc2c(c1)CC(Oc1ccc(F)cc1)C2. The molecule has 1 aliphatic rings. The molecule has 3 rings (SSSR count). The first-order valence-electron chi connectivity index (χ1n) is 6.32. The predicted octanol–water partition coefficient (Wildman–Crippen LogP) is 3.38. The Bertz CT molecular complexity index is 578. The van der Waals surface area contributed by atoms with E-state index in [0.29, 0.717) is 5.75 Å². The van der Waals surface area contributed by atoms with Gasteiger partial charge in [0.25, 0.3) is 0 Å². The Morgan fingerprint density at radius 2 is 1.63 bits per heavy atom. The van der Waals surface area contributed by atoms with Crippen LogP contribution in [0, 0.1) is 5.82 Å². The molecule has 2 aromatic carbocycles. The molecule has 3 heteroatoms. The highest BCUT2D eigenvalue weighted by molar-refractivity contribution is 5.40. The van der Waals surface area contributed by atoms with Crippen LogP contribution in [0.1, 0.15) is 11.1 Å². The van der Waals surface area contributed by atoms with Crippen LogP contribution in [-0.2, 0) is 12.8 Å². The molecule has 0 saturated carbocycles. The van der Waals surface area contributed by atoms with E-state index in [1.54, 1.807) is 19.2 Å². The lowest BCUT2D eigenvalue weighted by atomic mass is 10.1. The van der Waals surface area contributed by atoms with Gasteiger partial charge in [-0.25, -0.2) is 4.39 Å². The minimum Gasteiger partial charge on any atom is -0.497 e. The maximum absolute atomic E-state index is 12.8. The van der Waals surface area contributed by atoms with Crippen molar-refractivity contribution >= 4 is 0 Å². The third-order valence-electron chi connectivity index (χ3n) is 3.42. The first-order chi connectivity index (χ1) is 9.24. The average Bonchev–Trinajstić information content (AvgIpc) is 2.82. The monoisotopic (exact) mass is 258 g/mol. The number of ether oxygens (including phenoxy) is 2. The molecule has 0 N–H and O–H groups in total. The maximum Gasteiger partial charge on any atom is 0.123 e. The van der Waals surface area contributed by atoms with Gasteiger partial charge in [-0.2, -0.15) is 0 Å². The molecular formula is C16H15FO2. The molecule has 0 radical (unpaired) electrons. The highest BCUT2D eigenvalue weighted by Crippen LogP contribution is 2.28. The lowest BCUT2D eigenvalue weighted by Gasteiger charge is -2.12. The maximum atomic E-state index is 12.8. The van der Waals surface area contributed by atoms with E-state index in [1.165, 1.54) is 23.3 Å². The van der Waals surface area contributed by atoms with Crippen LogP contribution >= 0.6 is 0 Å². The molecule has 19 heavy (non-hydrogen) atoms. The van der Waals surface area contributed by atoms with Gasteiger partial charge in [0, 0.05) is 12.8 Å². The van der Waals surface area contributed by atoms with Crippen molar-refractivity contribution in [3.8, 4) is 11.5 Å². The van der Waals surface area contributed by atoms with E-state index in [-0.39, 0.29) is 11.9 Å². The topological polar surface area (TPSA) is 18.5 Å². The molecule has 0 amide bonds. The Hall–Kier alpha value is -2.03. The second kappa shape index (κ2) is 4.92. The van der Waals surface area contributed by atoms with E-state index >= 15 is 0 Å². The molecule has 98 valence electrons. The van der Waals surface area contributed by atoms with Gasteiger partial charge in [-0.15, -0.1) is 0 Å². The summed E-state index contributed by atoms with van der Waals surface area (Å²) in [7, 11) is 1.67. The van der Waals surface area contributed by atoms with Crippen LogP contribution in [0.15, 0.2) is 42.5 Å². The summed E-state index contributed by atoms with van der Waals surface area (Å²) in [5.41, 5.74) is 2.57. The number of fused-ring (bicyclic) bond motifs is 1. The number of hydrogen-bond donors (Lipinski definition) is 0. The summed E-state index contributed by atoms with van der Waals surface area (Å²) in [6, 6.07) is 12.3. The standard InChI is InChI=1S/C16H15FO2/c1-18-15-5-2-11-8-16(10-12(11)9-15)19-14-6-3-13(17)4-7-14/h2-7,9,16H,8,10H2,1H3. The zero-order chi connectivity index (χ0) is 13.2. The molecule has 0 heterocycles. The van der Waals surface area contributed by atoms with E-state index in [4.69, 9.17) is 9.47 Å². The van der Waals surface area contributed by atoms with Crippen molar-refractivity contribution in [3.05, 3.63) is 59.4 Å². The summed E-state index contributed by atoms with van der Waals surface area (Å²) in [6.45, 7) is 0. The van der Waals surface area contributed by atoms with Gasteiger partial charge in [-0.1, -0.05) is 6.07 Å². The van der Waals surface area contributed by atoms with Crippen LogP contribution in [0.4, 0.5) is 4.39 Å². The third-order valence-corrected chi connectivity index (χ3v) is 3.42. The Labute approximate surface area is 111 Å².